The van der Waals surface area contributed by atoms with Gasteiger partial charge in [0.25, 0.3) is 0 Å². The standard InChI is InChI=1S/C10H20BrN/c1-9(2)12-8-4-6-10(12)5-3-7-11/h9-10H,3-8H2,1-2H3. The minimum absolute atomic E-state index is 0.743. The molecule has 0 aromatic rings. The van der Waals surface area contributed by atoms with Crippen molar-refractivity contribution in [3.63, 3.8) is 0 Å². The number of nitrogens with zero attached hydrogens (tertiary/aromatic N) is 1. The molecule has 1 unspecified atom stereocenters. The van der Waals surface area contributed by atoms with Crippen LogP contribution in [-0.4, -0.2) is 28.9 Å². The molecule has 0 aliphatic carbocycles. The van der Waals surface area contributed by atoms with Gasteiger partial charge in [-0.2, -0.15) is 0 Å². The van der Waals surface area contributed by atoms with Crippen LogP contribution in [0.3, 0.4) is 0 Å². The van der Waals surface area contributed by atoms with Gasteiger partial charge in [0.15, 0.2) is 0 Å². The van der Waals surface area contributed by atoms with Crippen LogP contribution in [0.5, 0.6) is 0 Å². The summed E-state index contributed by atoms with van der Waals surface area (Å²) in [4.78, 5) is 2.66. The highest BCUT2D eigenvalue weighted by atomic mass is 79.9. The molecule has 1 saturated heterocycles. The van der Waals surface area contributed by atoms with Crippen LogP contribution in [-0.2, 0) is 0 Å². The first-order valence-corrected chi connectivity index (χ1v) is 6.19. The van der Waals surface area contributed by atoms with Gasteiger partial charge in [-0.1, -0.05) is 15.9 Å². The number of likely N-dealkylation sites (tertiary alicyclic amines) is 1. The summed E-state index contributed by atoms with van der Waals surface area (Å²) >= 11 is 3.50. The van der Waals surface area contributed by atoms with Gasteiger partial charge in [0.1, 0.15) is 0 Å². The first-order chi connectivity index (χ1) is 5.75. The van der Waals surface area contributed by atoms with Crippen LogP contribution in [0.25, 0.3) is 0 Å². The molecular weight excluding hydrogens is 214 g/mol. The van der Waals surface area contributed by atoms with Gasteiger partial charge in [-0.3, -0.25) is 4.90 Å². The molecule has 1 atom stereocenters. The van der Waals surface area contributed by atoms with Crippen molar-refractivity contribution < 1.29 is 0 Å². The SMILES string of the molecule is CC(C)N1CCCC1CCCBr. The maximum Gasteiger partial charge on any atom is 0.00987 e. The van der Waals surface area contributed by atoms with E-state index in [2.05, 4.69) is 34.7 Å². The fourth-order valence-electron chi connectivity index (χ4n) is 2.16. The number of rotatable bonds is 4. The third-order valence-electron chi connectivity index (χ3n) is 2.76. The fourth-order valence-corrected chi connectivity index (χ4v) is 2.48. The van der Waals surface area contributed by atoms with Crippen LogP contribution in [0, 0.1) is 0 Å². The van der Waals surface area contributed by atoms with E-state index in [9.17, 15) is 0 Å². The molecule has 12 heavy (non-hydrogen) atoms. The second-order valence-corrected chi connectivity index (χ2v) is 4.75. The van der Waals surface area contributed by atoms with E-state index in [1.165, 1.54) is 32.2 Å². The zero-order valence-electron chi connectivity index (χ0n) is 8.22. The Balaban J connectivity index is 2.30. The highest BCUT2D eigenvalue weighted by Gasteiger charge is 2.25. The molecule has 72 valence electrons. The molecule has 1 heterocycles. The molecule has 0 spiro atoms. The number of halogens is 1. The predicted molar refractivity (Wildman–Crippen MR) is 57.9 cm³/mol. The summed E-state index contributed by atoms with van der Waals surface area (Å²) in [6, 6.07) is 1.62. The van der Waals surface area contributed by atoms with Gasteiger partial charge < -0.3 is 0 Å². The van der Waals surface area contributed by atoms with E-state index < -0.39 is 0 Å². The molecule has 2 heteroatoms. The molecule has 0 aromatic carbocycles. The lowest BCUT2D eigenvalue weighted by Gasteiger charge is -2.28. The lowest BCUT2D eigenvalue weighted by Crippen LogP contribution is -2.35. The number of alkyl halides is 1. The van der Waals surface area contributed by atoms with E-state index in [0.29, 0.717) is 0 Å². The van der Waals surface area contributed by atoms with Crippen LogP contribution in [0.4, 0.5) is 0 Å². The Morgan fingerprint density at radius 1 is 1.50 bits per heavy atom. The number of hydrogen-bond donors (Lipinski definition) is 0. The van der Waals surface area contributed by atoms with E-state index in [1.807, 2.05) is 0 Å². The minimum Gasteiger partial charge on any atom is -0.298 e. The van der Waals surface area contributed by atoms with Crippen molar-refractivity contribution in [2.24, 2.45) is 0 Å². The van der Waals surface area contributed by atoms with Crippen LogP contribution in [0.15, 0.2) is 0 Å². The molecule has 1 aliphatic rings. The predicted octanol–water partition coefficient (Wildman–Crippen LogP) is 3.03. The minimum atomic E-state index is 0.743. The molecule has 0 saturated carbocycles. The van der Waals surface area contributed by atoms with E-state index in [4.69, 9.17) is 0 Å². The zero-order chi connectivity index (χ0) is 8.97. The Labute approximate surface area is 84.6 Å². The first-order valence-electron chi connectivity index (χ1n) is 5.07. The van der Waals surface area contributed by atoms with E-state index in [0.717, 1.165) is 17.4 Å². The van der Waals surface area contributed by atoms with Crippen molar-refractivity contribution in [2.45, 2.75) is 51.6 Å². The van der Waals surface area contributed by atoms with Crippen LogP contribution < -0.4 is 0 Å². The average molecular weight is 234 g/mol. The van der Waals surface area contributed by atoms with Gasteiger partial charge in [0.05, 0.1) is 0 Å². The van der Waals surface area contributed by atoms with Crippen molar-refractivity contribution in [3.05, 3.63) is 0 Å². The van der Waals surface area contributed by atoms with Crippen molar-refractivity contribution in [3.8, 4) is 0 Å². The molecule has 0 radical (unpaired) electrons. The Bertz CT molecular complexity index is 125. The summed E-state index contributed by atoms with van der Waals surface area (Å²) in [5.74, 6) is 0. The lowest BCUT2D eigenvalue weighted by atomic mass is 10.1. The summed E-state index contributed by atoms with van der Waals surface area (Å²) in [7, 11) is 0. The van der Waals surface area contributed by atoms with Crippen LogP contribution >= 0.6 is 15.9 Å². The first kappa shape index (κ1) is 10.5. The summed E-state index contributed by atoms with van der Waals surface area (Å²) in [6.45, 7) is 5.95. The van der Waals surface area contributed by atoms with Gasteiger partial charge >= 0.3 is 0 Å². The van der Waals surface area contributed by atoms with Crippen molar-refractivity contribution >= 4 is 15.9 Å². The largest absolute Gasteiger partial charge is 0.298 e. The molecule has 1 nitrogen and oxygen atoms in total. The highest BCUT2D eigenvalue weighted by Crippen LogP contribution is 2.23. The monoisotopic (exact) mass is 233 g/mol. The Morgan fingerprint density at radius 2 is 2.25 bits per heavy atom. The van der Waals surface area contributed by atoms with E-state index >= 15 is 0 Å². The zero-order valence-corrected chi connectivity index (χ0v) is 9.81. The molecule has 1 aliphatic heterocycles. The van der Waals surface area contributed by atoms with Gasteiger partial charge in [-0.25, -0.2) is 0 Å². The molecule has 1 rings (SSSR count). The molecule has 0 amide bonds. The normalized spacial score (nSPS) is 25.5. The quantitative estimate of drug-likeness (QED) is 0.676. The third-order valence-corrected chi connectivity index (χ3v) is 3.32. The summed E-state index contributed by atoms with van der Waals surface area (Å²) in [6.07, 6.45) is 5.54. The second kappa shape index (κ2) is 5.23. The van der Waals surface area contributed by atoms with Crippen molar-refractivity contribution in [1.29, 1.82) is 0 Å². The van der Waals surface area contributed by atoms with Gasteiger partial charge in [0.2, 0.25) is 0 Å². The van der Waals surface area contributed by atoms with E-state index in [1.54, 1.807) is 0 Å². The number of hydrogen-bond acceptors (Lipinski definition) is 1. The summed E-state index contributed by atoms with van der Waals surface area (Å²) < 4.78 is 0. The average Bonchev–Trinajstić information content (AvgIpc) is 2.48. The molecular formula is C10H20BrN. The smallest absolute Gasteiger partial charge is 0.00987 e. The molecule has 0 bridgehead atoms. The summed E-state index contributed by atoms with van der Waals surface area (Å²) in [5, 5.41) is 1.16. The van der Waals surface area contributed by atoms with Gasteiger partial charge in [-0.05, 0) is 46.1 Å². The molecule has 0 aromatic heterocycles. The second-order valence-electron chi connectivity index (χ2n) is 3.96. The topological polar surface area (TPSA) is 3.24 Å². The van der Waals surface area contributed by atoms with Gasteiger partial charge in [0, 0.05) is 17.4 Å². The van der Waals surface area contributed by atoms with Crippen molar-refractivity contribution in [1.82, 2.24) is 4.90 Å². The maximum atomic E-state index is 3.50. The Hall–Kier alpha value is 0.440. The van der Waals surface area contributed by atoms with Crippen LogP contribution in [0.1, 0.15) is 39.5 Å². The molecule has 0 N–H and O–H groups in total. The molecule has 1 fully saturated rings. The summed E-state index contributed by atoms with van der Waals surface area (Å²) in [5.41, 5.74) is 0. The Kier molecular flexibility index (Phi) is 4.59. The Morgan fingerprint density at radius 3 is 2.83 bits per heavy atom. The fraction of sp³-hybridized carbons (Fsp3) is 1.00. The van der Waals surface area contributed by atoms with Gasteiger partial charge in [-0.15, -0.1) is 0 Å². The third kappa shape index (κ3) is 2.74. The highest BCUT2D eigenvalue weighted by molar-refractivity contribution is 9.09. The van der Waals surface area contributed by atoms with Crippen LogP contribution in [0.2, 0.25) is 0 Å². The lowest BCUT2D eigenvalue weighted by molar-refractivity contribution is 0.195. The van der Waals surface area contributed by atoms with Crippen molar-refractivity contribution in [2.75, 3.05) is 11.9 Å². The maximum absolute atomic E-state index is 3.50. The van der Waals surface area contributed by atoms with E-state index in [-0.39, 0.29) is 0 Å².